The minimum Gasteiger partial charge on any atom is -0.326 e. The van der Waals surface area contributed by atoms with Crippen molar-refractivity contribution in [1.29, 1.82) is 0 Å². The lowest BCUT2D eigenvalue weighted by Crippen LogP contribution is -2.51. The molecule has 6 rings (SSSR count). The monoisotopic (exact) mass is 395 g/mol. The molecule has 4 aliphatic carbocycles. The highest BCUT2D eigenvalue weighted by atomic mass is 32.1. The Morgan fingerprint density at radius 2 is 1.61 bits per heavy atom. The maximum absolute atomic E-state index is 13.2. The third-order valence-corrected chi connectivity index (χ3v) is 7.50. The van der Waals surface area contributed by atoms with E-state index >= 15 is 0 Å². The highest BCUT2D eigenvalue weighted by molar-refractivity contribution is 7.14. The van der Waals surface area contributed by atoms with Crippen molar-refractivity contribution in [1.82, 2.24) is 4.98 Å². The maximum atomic E-state index is 13.2. The highest BCUT2D eigenvalue weighted by Gasteiger charge is 2.54. The number of nitrogens with zero attached hydrogens (tertiary/aromatic N) is 1. The van der Waals surface area contributed by atoms with E-state index in [0.29, 0.717) is 5.13 Å². The Morgan fingerprint density at radius 1 is 1.00 bits per heavy atom. The van der Waals surface area contributed by atoms with Crippen LogP contribution in [0.15, 0.2) is 29.6 Å². The molecular weight excluding hydrogens is 370 g/mol. The number of nitrogens with one attached hydrogen (secondary N) is 2. The summed E-state index contributed by atoms with van der Waals surface area (Å²) in [6, 6.07) is 7.60. The lowest BCUT2D eigenvalue weighted by atomic mass is 9.49. The van der Waals surface area contributed by atoms with Crippen LogP contribution in [0.25, 0.3) is 11.3 Å². The van der Waals surface area contributed by atoms with Gasteiger partial charge >= 0.3 is 0 Å². The second-order valence-corrected chi connectivity index (χ2v) is 9.81. The summed E-state index contributed by atoms with van der Waals surface area (Å²) in [6.07, 6.45) is 7.20. The van der Waals surface area contributed by atoms with Gasteiger partial charge in [-0.1, -0.05) is 12.1 Å². The van der Waals surface area contributed by atoms with Gasteiger partial charge in [-0.15, -0.1) is 11.3 Å². The molecule has 4 aliphatic rings. The van der Waals surface area contributed by atoms with Crippen LogP contribution in [0.4, 0.5) is 10.8 Å². The first-order chi connectivity index (χ1) is 13.5. The van der Waals surface area contributed by atoms with Crippen LogP contribution < -0.4 is 10.6 Å². The van der Waals surface area contributed by atoms with Crippen molar-refractivity contribution in [3.63, 3.8) is 0 Å². The normalized spacial score (nSPS) is 30.2. The SMILES string of the molecule is CC(=O)Nc1ccc(-c2csc(NC(=O)C34CC5CC(CC(C5)C3)C4)n2)cc1. The van der Waals surface area contributed by atoms with E-state index in [1.807, 2.05) is 29.6 Å². The van der Waals surface area contributed by atoms with Crippen molar-refractivity contribution in [3.05, 3.63) is 29.6 Å². The average molecular weight is 396 g/mol. The fraction of sp³-hybridized carbons (Fsp3) is 0.500. The Hall–Kier alpha value is -2.21. The third kappa shape index (κ3) is 3.24. The summed E-state index contributed by atoms with van der Waals surface area (Å²) in [4.78, 5) is 29.0. The molecule has 4 bridgehead atoms. The number of rotatable bonds is 4. The highest BCUT2D eigenvalue weighted by Crippen LogP contribution is 2.60. The number of aromatic nitrogens is 1. The van der Waals surface area contributed by atoms with Gasteiger partial charge in [-0.3, -0.25) is 9.59 Å². The van der Waals surface area contributed by atoms with Gasteiger partial charge in [0.2, 0.25) is 11.8 Å². The smallest absolute Gasteiger partial charge is 0.232 e. The van der Waals surface area contributed by atoms with Crippen LogP contribution in [0.1, 0.15) is 45.4 Å². The van der Waals surface area contributed by atoms with Crippen LogP contribution in [-0.4, -0.2) is 16.8 Å². The third-order valence-electron chi connectivity index (χ3n) is 6.75. The molecule has 1 aromatic carbocycles. The molecule has 1 heterocycles. The number of anilines is 2. The van der Waals surface area contributed by atoms with Gasteiger partial charge in [0, 0.05) is 23.6 Å². The van der Waals surface area contributed by atoms with E-state index in [1.54, 1.807) is 0 Å². The number of benzene rings is 1. The van der Waals surface area contributed by atoms with Gasteiger partial charge in [0.05, 0.1) is 11.1 Å². The first-order valence-electron chi connectivity index (χ1n) is 10.1. The molecular formula is C22H25N3O2S. The summed E-state index contributed by atoms with van der Waals surface area (Å²) in [5, 5.41) is 8.56. The summed E-state index contributed by atoms with van der Waals surface area (Å²) in [5.41, 5.74) is 2.43. The first-order valence-corrected chi connectivity index (χ1v) is 11.0. The molecule has 0 saturated heterocycles. The maximum Gasteiger partial charge on any atom is 0.232 e. The zero-order valence-corrected chi connectivity index (χ0v) is 16.8. The van der Waals surface area contributed by atoms with Gasteiger partial charge in [0.15, 0.2) is 5.13 Å². The van der Waals surface area contributed by atoms with Crippen molar-refractivity contribution in [2.75, 3.05) is 10.6 Å². The Kier molecular flexibility index (Phi) is 4.27. The van der Waals surface area contributed by atoms with Crippen LogP contribution in [-0.2, 0) is 9.59 Å². The van der Waals surface area contributed by atoms with Crippen LogP contribution in [0.3, 0.4) is 0 Å². The van der Waals surface area contributed by atoms with Crippen LogP contribution in [0.5, 0.6) is 0 Å². The number of thiazole rings is 1. The predicted octanol–water partition coefficient (Wildman–Crippen LogP) is 4.92. The molecule has 4 saturated carbocycles. The minimum absolute atomic E-state index is 0.0870. The fourth-order valence-electron chi connectivity index (χ4n) is 6.01. The fourth-order valence-corrected chi connectivity index (χ4v) is 6.72. The zero-order valence-electron chi connectivity index (χ0n) is 16.0. The Balaban J connectivity index is 1.29. The molecule has 6 heteroatoms. The standard InChI is InChI=1S/C22H25N3O2S/c1-13(26)23-18-4-2-17(3-5-18)19-12-28-21(24-19)25-20(27)22-9-14-6-15(10-22)8-16(7-14)11-22/h2-5,12,14-16H,6-11H2,1H3,(H,23,26)(H,24,25,27). The second kappa shape index (κ2) is 6.69. The molecule has 2 amide bonds. The van der Waals surface area contributed by atoms with Gasteiger partial charge in [0.25, 0.3) is 0 Å². The summed E-state index contributed by atoms with van der Waals surface area (Å²) < 4.78 is 0. The number of hydrogen-bond donors (Lipinski definition) is 2. The number of hydrogen-bond acceptors (Lipinski definition) is 4. The van der Waals surface area contributed by atoms with E-state index in [2.05, 4.69) is 15.6 Å². The quantitative estimate of drug-likeness (QED) is 0.772. The number of carbonyl (C=O) groups is 2. The van der Waals surface area contributed by atoms with Gasteiger partial charge in [-0.2, -0.15) is 0 Å². The van der Waals surface area contributed by atoms with E-state index in [9.17, 15) is 9.59 Å². The van der Waals surface area contributed by atoms with Crippen molar-refractivity contribution in [3.8, 4) is 11.3 Å². The molecule has 1 aromatic heterocycles. The largest absolute Gasteiger partial charge is 0.326 e. The molecule has 0 atom stereocenters. The molecule has 4 fully saturated rings. The molecule has 2 aromatic rings. The Labute approximate surface area is 168 Å². The molecule has 0 unspecified atom stereocenters. The summed E-state index contributed by atoms with van der Waals surface area (Å²) >= 11 is 1.48. The second-order valence-electron chi connectivity index (χ2n) is 8.95. The van der Waals surface area contributed by atoms with Crippen LogP contribution in [0.2, 0.25) is 0 Å². The van der Waals surface area contributed by atoms with E-state index in [-0.39, 0.29) is 17.2 Å². The predicted molar refractivity (Wildman–Crippen MR) is 111 cm³/mol. The minimum atomic E-state index is -0.152. The van der Waals surface area contributed by atoms with Gasteiger partial charge < -0.3 is 10.6 Å². The van der Waals surface area contributed by atoms with Gasteiger partial charge in [-0.05, 0) is 68.4 Å². The molecule has 5 nitrogen and oxygen atoms in total. The van der Waals surface area contributed by atoms with Gasteiger partial charge in [-0.25, -0.2) is 4.98 Å². The Bertz CT molecular complexity index is 883. The summed E-state index contributed by atoms with van der Waals surface area (Å²) in [7, 11) is 0. The van der Waals surface area contributed by atoms with Crippen molar-refractivity contribution in [2.24, 2.45) is 23.2 Å². The molecule has 146 valence electrons. The number of carbonyl (C=O) groups excluding carboxylic acids is 2. The molecule has 2 N–H and O–H groups in total. The Morgan fingerprint density at radius 3 is 2.18 bits per heavy atom. The van der Waals surface area contributed by atoms with Crippen LogP contribution in [0, 0.1) is 23.2 Å². The van der Waals surface area contributed by atoms with E-state index in [1.165, 1.54) is 37.5 Å². The summed E-state index contributed by atoms with van der Waals surface area (Å²) in [5.74, 6) is 2.37. The topological polar surface area (TPSA) is 71.1 Å². The zero-order chi connectivity index (χ0) is 19.3. The van der Waals surface area contributed by atoms with Crippen molar-refractivity contribution < 1.29 is 9.59 Å². The molecule has 0 radical (unpaired) electrons. The lowest BCUT2D eigenvalue weighted by Gasteiger charge is -2.55. The van der Waals surface area contributed by atoms with E-state index in [4.69, 9.17) is 0 Å². The summed E-state index contributed by atoms with van der Waals surface area (Å²) in [6.45, 7) is 1.49. The molecule has 0 spiro atoms. The number of amides is 2. The van der Waals surface area contributed by atoms with Gasteiger partial charge in [0.1, 0.15) is 0 Å². The molecule has 0 aliphatic heterocycles. The van der Waals surface area contributed by atoms with Crippen molar-refractivity contribution >= 4 is 34.0 Å². The van der Waals surface area contributed by atoms with Crippen molar-refractivity contribution in [2.45, 2.75) is 45.4 Å². The first kappa shape index (κ1) is 17.9. The van der Waals surface area contributed by atoms with E-state index < -0.39 is 0 Å². The lowest BCUT2D eigenvalue weighted by molar-refractivity contribution is -0.140. The average Bonchev–Trinajstić information content (AvgIpc) is 3.09. The van der Waals surface area contributed by atoms with Crippen LogP contribution >= 0.6 is 11.3 Å². The molecule has 28 heavy (non-hydrogen) atoms. The van der Waals surface area contributed by atoms with E-state index in [0.717, 1.165) is 54.0 Å².